The molecular formula is C15H19BrN2O3. The van der Waals surface area contributed by atoms with Gasteiger partial charge in [0.1, 0.15) is 12.2 Å². The van der Waals surface area contributed by atoms with E-state index >= 15 is 0 Å². The number of ether oxygens (including phenoxy) is 1. The van der Waals surface area contributed by atoms with Crippen molar-refractivity contribution in [2.45, 2.75) is 24.9 Å². The normalized spacial score (nSPS) is 31.9. The summed E-state index contributed by atoms with van der Waals surface area (Å²) in [6, 6.07) is 3.88. The van der Waals surface area contributed by atoms with Crippen LogP contribution in [0.1, 0.15) is 25.0 Å². The van der Waals surface area contributed by atoms with Gasteiger partial charge in [-0.15, -0.1) is 0 Å². The number of carboxylic acid groups (broad SMARTS) is 1. The van der Waals surface area contributed by atoms with Crippen molar-refractivity contribution >= 4 is 21.9 Å². The largest absolute Gasteiger partial charge is 0.480 e. The van der Waals surface area contributed by atoms with Crippen LogP contribution in [0.25, 0.3) is 0 Å². The van der Waals surface area contributed by atoms with Gasteiger partial charge in [0.25, 0.3) is 0 Å². The number of hydrogen-bond donors (Lipinski definition) is 2. The maximum absolute atomic E-state index is 10.9. The Hall–Kier alpha value is -0.980. The second kappa shape index (κ2) is 6.02. The number of aliphatic carboxylic acids is 1. The second-order valence-electron chi connectivity index (χ2n) is 5.96. The molecule has 3 rings (SSSR count). The monoisotopic (exact) mass is 354 g/mol. The molecule has 1 aromatic rings. The van der Waals surface area contributed by atoms with E-state index in [4.69, 9.17) is 9.84 Å². The number of carbonyl (C=O) groups is 1. The minimum atomic E-state index is -0.932. The quantitative estimate of drug-likeness (QED) is 0.866. The average molecular weight is 355 g/mol. The summed E-state index contributed by atoms with van der Waals surface area (Å²) in [5.41, 5.74) is 0.282. The second-order valence-corrected chi connectivity index (χ2v) is 6.88. The Morgan fingerprint density at radius 3 is 3.00 bits per heavy atom. The van der Waals surface area contributed by atoms with E-state index in [9.17, 15) is 4.79 Å². The summed E-state index contributed by atoms with van der Waals surface area (Å²) in [5, 5.41) is 12.4. The van der Waals surface area contributed by atoms with E-state index in [0.717, 1.165) is 42.5 Å². The summed E-state index contributed by atoms with van der Waals surface area (Å²) in [5.74, 6) is 0.290. The van der Waals surface area contributed by atoms with Crippen LogP contribution in [0.5, 0.6) is 0 Å². The van der Waals surface area contributed by atoms with Crippen LogP contribution in [0.3, 0.4) is 0 Å². The number of nitrogens with zero attached hydrogens (tertiary/aromatic N) is 1. The molecule has 2 aliphatic rings. The van der Waals surface area contributed by atoms with Crippen molar-refractivity contribution in [1.82, 2.24) is 10.3 Å². The van der Waals surface area contributed by atoms with Crippen LogP contribution in [-0.2, 0) is 15.1 Å². The first-order chi connectivity index (χ1) is 10.1. The zero-order valence-corrected chi connectivity index (χ0v) is 13.3. The van der Waals surface area contributed by atoms with E-state index in [0.29, 0.717) is 11.8 Å². The minimum absolute atomic E-state index is 0.275. The molecular weight excluding hydrogens is 336 g/mol. The van der Waals surface area contributed by atoms with Crippen LogP contribution < -0.4 is 5.32 Å². The molecule has 0 aromatic carbocycles. The van der Waals surface area contributed by atoms with Crippen LogP contribution in [-0.4, -0.2) is 35.8 Å². The third-order valence-corrected chi connectivity index (χ3v) is 5.13. The molecule has 3 atom stereocenters. The topological polar surface area (TPSA) is 71.5 Å². The highest BCUT2D eigenvalue weighted by atomic mass is 79.9. The van der Waals surface area contributed by atoms with Gasteiger partial charge in [-0.3, -0.25) is 4.98 Å². The van der Waals surface area contributed by atoms with E-state index < -0.39 is 11.6 Å². The Bertz CT molecular complexity index is 522. The molecule has 2 fully saturated rings. The molecule has 3 unspecified atom stereocenters. The number of carboxylic acids is 1. The van der Waals surface area contributed by atoms with Crippen molar-refractivity contribution in [3.05, 3.63) is 28.5 Å². The molecule has 2 heterocycles. The molecule has 1 aliphatic carbocycles. The Balaban J connectivity index is 1.87. The zero-order chi connectivity index (χ0) is 14.9. The molecule has 0 bridgehead atoms. The number of aromatic nitrogens is 1. The van der Waals surface area contributed by atoms with Gasteiger partial charge in [0.05, 0.1) is 5.69 Å². The fourth-order valence-corrected chi connectivity index (χ4v) is 3.83. The fraction of sp³-hybridized carbons (Fsp3) is 0.600. The highest BCUT2D eigenvalue weighted by Gasteiger charge is 2.45. The smallest absolute Gasteiger partial charge is 0.329 e. The molecule has 0 radical (unpaired) electrons. The highest BCUT2D eigenvalue weighted by molar-refractivity contribution is 9.10. The third kappa shape index (κ3) is 3.12. The fourth-order valence-electron chi connectivity index (χ4n) is 3.59. The van der Waals surface area contributed by atoms with Crippen molar-refractivity contribution in [2.24, 2.45) is 11.8 Å². The summed E-state index contributed by atoms with van der Waals surface area (Å²) < 4.78 is 6.77. The molecule has 6 heteroatoms. The van der Waals surface area contributed by atoms with Crippen LogP contribution in [0.4, 0.5) is 0 Å². The molecule has 1 saturated carbocycles. The van der Waals surface area contributed by atoms with Crippen molar-refractivity contribution in [2.75, 3.05) is 19.7 Å². The van der Waals surface area contributed by atoms with Crippen LogP contribution in [0.15, 0.2) is 22.8 Å². The van der Waals surface area contributed by atoms with Crippen LogP contribution in [0, 0.1) is 11.8 Å². The average Bonchev–Trinajstić information content (AvgIpc) is 2.93. The van der Waals surface area contributed by atoms with E-state index in [1.807, 2.05) is 12.1 Å². The molecule has 114 valence electrons. The summed E-state index contributed by atoms with van der Waals surface area (Å²) in [4.78, 5) is 15.4. The van der Waals surface area contributed by atoms with Crippen molar-refractivity contribution in [3.63, 3.8) is 0 Å². The number of fused-ring (bicyclic) bond motifs is 1. The lowest BCUT2D eigenvalue weighted by Crippen LogP contribution is -2.41. The number of pyridine rings is 1. The van der Waals surface area contributed by atoms with Crippen LogP contribution in [0.2, 0.25) is 0 Å². The minimum Gasteiger partial charge on any atom is -0.480 e. The van der Waals surface area contributed by atoms with E-state index in [1.165, 1.54) is 0 Å². The lowest BCUT2D eigenvalue weighted by Gasteiger charge is -2.41. The summed E-state index contributed by atoms with van der Waals surface area (Å²) >= 11 is 3.39. The first-order valence-corrected chi connectivity index (χ1v) is 8.07. The standard InChI is InChI=1S/C15H19BrN2O3/c16-12-1-2-13(18-8-12)15(21-9-14(19)20)4-3-10-6-17-7-11(10)5-15/h1-2,8,10-11,17H,3-7,9H2,(H,19,20). The van der Waals surface area contributed by atoms with Gasteiger partial charge in [0, 0.05) is 10.7 Å². The third-order valence-electron chi connectivity index (χ3n) is 4.66. The van der Waals surface area contributed by atoms with E-state index in [1.54, 1.807) is 6.20 Å². The molecule has 1 aliphatic heterocycles. The summed E-state index contributed by atoms with van der Waals surface area (Å²) in [6.45, 7) is 1.77. The predicted octanol–water partition coefficient (Wildman–Crippen LogP) is 2.16. The predicted molar refractivity (Wildman–Crippen MR) is 80.9 cm³/mol. The van der Waals surface area contributed by atoms with Gasteiger partial charge >= 0.3 is 5.97 Å². The molecule has 0 spiro atoms. The van der Waals surface area contributed by atoms with Crippen LogP contribution >= 0.6 is 15.9 Å². The highest BCUT2D eigenvalue weighted by Crippen LogP contribution is 2.46. The van der Waals surface area contributed by atoms with Gasteiger partial charge in [0.2, 0.25) is 0 Å². The maximum Gasteiger partial charge on any atom is 0.329 e. The van der Waals surface area contributed by atoms with E-state index in [-0.39, 0.29) is 6.61 Å². The first-order valence-electron chi connectivity index (χ1n) is 7.27. The van der Waals surface area contributed by atoms with Crippen molar-refractivity contribution in [1.29, 1.82) is 0 Å². The SMILES string of the molecule is O=C(O)COC1(c2ccc(Br)cn2)CCC2CNCC2C1. The molecule has 1 saturated heterocycles. The van der Waals surface area contributed by atoms with E-state index in [2.05, 4.69) is 26.2 Å². The lowest BCUT2D eigenvalue weighted by molar-refractivity contribution is -0.156. The van der Waals surface area contributed by atoms with Gasteiger partial charge in [-0.25, -0.2) is 4.79 Å². The van der Waals surface area contributed by atoms with Gasteiger partial charge in [-0.1, -0.05) is 0 Å². The van der Waals surface area contributed by atoms with Crippen molar-refractivity contribution < 1.29 is 14.6 Å². The molecule has 2 N–H and O–H groups in total. The van der Waals surface area contributed by atoms with Gasteiger partial charge in [0.15, 0.2) is 0 Å². The maximum atomic E-state index is 10.9. The van der Waals surface area contributed by atoms with Gasteiger partial charge in [-0.2, -0.15) is 0 Å². The molecule has 5 nitrogen and oxygen atoms in total. The van der Waals surface area contributed by atoms with Crippen molar-refractivity contribution in [3.8, 4) is 0 Å². The number of hydrogen-bond acceptors (Lipinski definition) is 4. The van der Waals surface area contributed by atoms with Gasteiger partial charge in [-0.05, 0) is 72.3 Å². The summed E-state index contributed by atoms with van der Waals surface area (Å²) in [7, 11) is 0. The zero-order valence-electron chi connectivity index (χ0n) is 11.7. The molecule has 0 amide bonds. The van der Waals surface area contributed by atoms with Gasteiger partial charge < -0.3 is 15.2 Å². The number of nitrogens with one attached hydrogen (secondary N) is 1. The lowest BCUT2D eigenvalue weighted by atomic mass is 9.71. The Morgan fingerprint density at radius 2 is 2.29 bits per heavy atom. The Morgan fingerprint density at radius 1 is 1.48 bits per heavy atom. The number of halogens is 1. The Labute approximate surface area is 132 Å². The number of rotatable bonds is 4. The Kier molecular flexibility index (Phi) is 4.28. The molecule has 1 aromatic heterocycles. The summed E-state index contributed by atoms with van der Waals surface area (Å²) in [6.07, 6.45) is 4.47. The molecule has 21 heavy (non-hydrogen) atoms. The first kappa shape index (κ1) is 14.9.